The molecule has 0 saturated carbocycles. The van der Waals surface area contributed by atoms with E-state index in [4.69, 9.17) is 14.2 Å². The van der Waals surface area contributed by atoms with Crippen LogP contribution in [-0.4, -0.2) is 37.2 Å². The minimum Gasteiger partial charge on any atom is -0.462 e. The van der Waals surface area contributed by atoms with Gasteiger partial charge in [0.2, 0.25) is 0 Å². The molecular formula is C59H96O6. The van der Waals surface area contributed by atoms with E-state index in [-0.39, 0.29) is 31.6 Å². The second kappa shape index (κ2) is 52.7. The summed E-state index contributed by atoms with van der Waals surface area (Å²) in [6.45, 7) is 6.45. The molecule has 1 atom stereocenters. The Hall–Kier alpha value is -3.93. The lowest BCUT2D eigenvalue weighted by molar-refractivity contribution is -0.166. The van der Waals surface area contributed by atoms with Crippen molar-refractivity contribution in [3.8, 4) is 0 Å². The molecule has 0 aliphatic rings. The van der Waals surface area contributed by atoms with E-state index in [1.54, 1.807) is 0 Å². The number of allylic oxidation sites excluding steroid dienone is 18. The van der Waals surface area contributed by atoms with Crippen molar-refractivity contribution in [1.29, 1.82) is 0 Å². The van der Waals surface area contributed by atoms with Crippen LogP contribution in [0.1, 0.15) is 226 Å². The quantitative estimate of drug-likeness (QED) is 0.0262. The molecule has 0 radical (unpaired) electrons. The SMILES string of the molecule is CCCCC/C=C\C/C=C\C/C=C\C/C=C\C/C=C\CCC(=O)O[C@H](COC(=O)CCCC/C=C\C/C=C\C/C=C\CCCCC)COC(=O)CCCCCCC/C=C\CCCCCC. The summed E-state index contributed by atoms with van der Waals surface area (Å²) in [5, 5.41) is 0. The van der Waals surface area contributed by atoms with Gasteiger partial charge in [0.15, 0.2) is 6.10 Å². The molecule has 0 heterocycles. The van der Waals surface area contributed by atoms with Crippen LogP contribution >= 0.6 is 0 Å². The summed E-state index contributed by atoms with van der Waals surface area (Å²) >= 11 is 0. The van der Waals surface area contributed by atoms with E-state index in [0.717, 1.165) is 83.5 Å². The molecule has 0 aromatic carbocycles. The zero-order chi connectivity index (χ0) is 47.2. The van der Waals surface area contributed by atoms with Gasteiger partial charge in [0.25, 0.3) is 0 Å². The second-order valence-corrected chi connectivity index (χ2v) is 17.1. The first kappa shape index (κ1) is 61.1. The van der Waals surface area contributed by atoms with Crippen LogP contribution in [0.2, 0.25) is 0 Å². The Labute approximate surface area is 400 Å². The smallest absolute Gasteiger partial charge is 0.306 e. The lowest BCUT2D eigenvalue weighted by atomic mass is 10.1. The molecule has 6 heteroatoms. The van der Waals surface area contributed by atoms with E-state index in [0.29, 0.717) is 25.7 Å². The van der Waals surface area contributed by atoms with Crippen LogP contribution < -0.4 is 0 Å². The fourth-order valence-electron chi connectivity index (χ4n) is 6.72. The maximum atomic E-state index is 12.8. The van der Waals surface area contributed by atoms with Crippen LogP contribution in [0.15, 0.2) is 109 Å². The fraction of sp³-hybridized carbons (Fsp3) is 0.644. The van der Waals surface area contributed by atoms with Crippen molar-refractivity contribution < 1.29 is 28.6 Å². The molecule has 0 N–H and O–H groups in total. The number of rotatable bonds is 46. The molecule has 0 saturated heterocycles. The minimum atomic E-state index is -0.838. The third-order valence-electron chi connectivity index (χ3n) is 10.7. The van der Waals surface area contributed by atoms with Gasteiger partial charge in [-0.15, -0.1) is 0 Å². The second-order valence-electron chi connectivity index (χ2n) is 17.1. The van der Waals surface area contributed by atoms with Crippen LogP contribution in [0, 0.1) is 0 Å². The third kappa shape index (κ3) is 50.9. The largest absolute Gasteiger partial charge is 0.462 e. The fourth-order valence-corrected chi connectivity index (χ4v) is 6.72. The molecule has 0 spiro atoms. The highest BCUT2D eigenvalue weighted by atomic mass is 16.6. The van der Waals surface area contributed by atoms with E-state index < -0.39 is 12.1 Å². The lowest BCUT2D eigenvalue weighted by Gasteiger charge is -2.18. The molecule has 0 bridgehead atoms. The van der Waals surface area contributed by atoms with Gasteiger partial charge in [-0.1, -0.05) is 194 Å². The average molecular weight is 901 g/mol. The highest BCUT2D eigenvalue weighted by Gasteiger charge is 2.19. The van der Waals surface area contributed by atoms with Crippen molar-refractivity contribution in [1.82, 2.24) is 0 Å². The first-order valence-electron chi connectivity index (χ1n) is 26.4. The van der Waals surface area contributed by atoms with Gasteiger partial charge in [0, 0.05) is 19.3 Å². The molecule has 6 nitrogen and oxygen atoms in total. The highest BCUT2D eigenvalue weighted by Crippen LogP contribution is 2.11. The number of unbranched alkanes of at least 4 members (excludes halogenated alkanes) is 17. The summed E-state index contributed by atoms with van der Waals surface area (Å²) < 4.78 is 16.7. The maximum Gasteiger partial charge on any atom is 0.306 e. The first-order chi connectivity index (χ1) is 32.0. The monoisotopic (exact) mass is 901 g/mol. The number of carbonyl (C=O) groups is 3. The molecule has 0 aromatic heterocycles. The maximum absolute atomic E-state index is 12.8. The number of hydrogen-bond acceptors (Lipinski definition) is 6. The highest BCUT2D eigenvalue weighted by molar-refractivity contribution is 5.71. The Balaban J connectivity index is 4.59. The minimum absolute atomic E-state index is 0.126. The first-order valence-corrected chi connectivity index (χ1v) is 26.4. The summed E-state index contributed by atoms with van der Waals surface area (Å²) in [6, 6.07) is 0. The average Bonchev–Trinajstić information content (AvgIpc) is 3.30. The predicted molar refractivity (Wildman–Crippen MR) is 279 cm³/mol. The summed E-state index contributed by atoms with van der Waals surface area (Å²) in [6.07, 6.45) is 70.8. The Morgan fingerprint density at radius 1 is 0.308 bits per heavy atom. The molecule has 0 fully saturated rings. The summed E-state index contributed by atoms with van der Waals surface area (Å²) in [4.78, 5) is 38.0. The summed E-state index contributed by atoms with van der Waals surface area (Å²) in [5.41, 5.74) is 0. The number of carbonyl (C=O) groups excluding carboxylic acids is 3. The van der Waals surface area contributed by atoms with Gasteiger partial charge >= 0.3 is 17.9 Å². The molecule has 0 rings (SSSR count). The Bertz CT molecular complexity index is 1360. The van der Waals surface area contributed by atoms with Gasteiger partial charge in [0.1, 0.15) is 13.2 Å². The molecule has 368 valence electrons. The van der Waals surface area contributed by atoms with Crippen molar-refractivity contribution in [3.63, 3.8) is 0 Å². The standard InChI is InChI=1S/C59H96O6/c1-4-7-10-13-16-19-22-25-27-28-29-30-32-35-38-41-44-47-50-53-59(62)65-56(54-63-57(60)51-48-45-42-39-36-33-24-21-18-15-12-9-6-3)55-64-58(61)52-49-46-43-40-37-34-31-26-23-20-17-14-11-8-5-2/h16-17,19-21,24-27,29-31,35,37-38,40,44,47,56H,4-15,18,22-23,28,32-34,36,39,41-43,45-46,48-55H2,1-3H3/b19-16-,20-17-,24-21-,27-25-,30-29-,31-26-,38-35-,40-37-,47-44-/t56-/m0/s1. The molecular weight excluding hydrogens is 805 g/mol. The van der Waals surface area contributed by atoms with Crippen LogP contribution in [0.5, 0.6) is 0 Å². The zero-order valence-electron chi connectivity index (χ0n) is 42.0. The zero-order valence-corrected chi connectivity index (χ0v) is 42.0. The number of ether oxygens (including phenoxy) is 3. The van der Waals surface area contributed by atoms with Crippen molar-refractivity contribution in [2.24, 2.45) is 0 Å². The Morgan fingerprint density at radius 3 is 1.00 bits per heavy atom. The molecule has 0 aromatic rings. The van der Waals surface area contributed by atoms with Crippen molar-refractivity contribution >= 4 is 17.9 Å². The van der Waals surface area contributed by atoms with Crippen molar-refractivity contribution in [2.75, 3.05) is 13.2 Å². The van der Waals surface area contributed by atoms with Crippen LogP contribution in [-0.2, 0) is 28.6 Å². The van der Waals surface area contributed by atoms with Gasteiger partial charge in [-0.25, -0.2) is 0 Å². The van der Waals surface area contributed by atoms with E-state index in [9.17, 15) is 14.4 Å². The molecule has 0 unspecified atom stereocenters. The third-order valence-corrected chi connectivity index (χ3v) is 10.7. The van der Waals surface area contributed by atoms with Gasteiger partial charge < -0.3 is 14.2 Å². The normalized spacial score (nSPS) is 13.0. The Kier molecular flexibility index (Phi) is 49.5. The predicted octanol–water partition coefficient (Wildman–Crippen LogP) is 17.5. The summed E-state index contributed by atoms with van der Waals surface area (Å²) in [5.74, 6) is -1.06. The lowest BCUT2D eigenvalue weighted by Crippen LogP contribution is -2.30. The molecule has 0 aliphatic carbocycles. The number of esters is 3. The van der Waals surface area contributed by atoms with Crippen molar-refractivity contribution in [3.05, 3.63) is 109 Å². The topological polar surface area (TPSA) is 78.9 Å². The van der Waals surface area contributed by atoms with E-state index in [1.807, 2.05) is 12.2 Å². The molecule has 65 heavy (non-hydrogen) atoms. The van der Waals surface area contributed by atoms with E-state index >= 15 is 0 Å². The Morgan fingerprint density at radius 2 is 0.585 bits per heavy atom. The van der Waals surface area contributed by atoms with E-state index in [2.05, 4.69) is 118 Å². The van der Waals surface area contributed by atoms with E-state index in [1.165, 1.54) is 89.9 Å². The van der Waals surface area contributed by atoms with Crippen LogP contribution in [0.4, 0.5) is 0 Å². The van der Waals surface area contributed by atoms with Crippen LogP contribution in [0.25, 0.3) is 0 Å². The van der Waals surface area contributed by atoms with Gasteiger partial charge in [-0.05, 0) is 122 Å². The molecule has 0 amide bonds. The van der Waals surface area contributed by atoms with Gasteiger partial charge in [-0.2, -0.15) is 0 Å². The number of hydrogen-bond donors (Lipinski definition) is 0. The molecule has 0 aliphatic heterocycles. The van der Waals surface area contributed by atoms with Crippen molar-refractivity contribution in [2.45, 2.75) is 232 Å². The van der Waals surface area contributed by atoms with Crippen LogP contribution in [0.3, 0.4) is 0 Å². The van der Waals surface area contributed by atoms with Gasteiger partial charge in [-0.3, -0.25) is 14.4 Å². The summed E-state index contributed by atoms with van der Waals surface area (Å²) in [7, 11) is 0. The van der Waals surface area contributed by atoms with Gasteiger partial charge in [0.05, 0.1) is 0 Å².